The molecule has 0 bridgehead atoms. The molecule has 38 heavy (non-hydrogen) atoms. The van der Waals surface area contributed by atoms with E-state index in [1.165, 1.54) is 5.56 Å². The van der Waals surface area contributed by atoms with Crippen molar-refractivity contribution in [2.24, 2.45) is 5.10 Å². The average Bonchev–Trinajstić information content (AvgIpc) is 3.44. The minimum absolute atomic E-state index is 0.252. The molecule has 0 saturated heterocycles. The van der Waals surface area contributed by atoms with Crippen molar-refractivity contribution < 1.29 is 4.79 Å². The summed E-state index contributed by atoms with van der Waals surface area (Å²) in [6, 6.07) is 30.5. The lowest BCUT2D eigenvalue weighted by Crippen LogP contribution is -2.17. The quantitative estimate of drug-likeness (QED) is 0.167. The summed E-state index contributed by atoms with van der Waals surface area (Å²) in [5.41, 5.74) is 13.0. The van der Waals surface area contributed by atoms with Crippen molar-refractivity contribution in [3.63, 3.8) is 0 Å². The van der Waals surface area contributed by atoms with Crippen molar-refractivity contribution >= 4 is 28.1 Å². The van der Waals surface area contributed by atoms with Gasteiger partial charge in [0.05, 0.1) is 11.9 Å². The molecule has 5 rings (SSSR count). The Labute approximate surface area is 231 Å². The highest BCUT2D eigenvalue weighted by molar-refractivity contribution is 9.10. The number of nitrogens with zero attached hydrogens (tertiary/aromatic N) is 3. The van der Waals surface area contributed by atoms with Gasteiger partial charge in [-0.3, -0.25) is 4.79 Å². The molecular formula is C32H29BrN4O. The predicted octanol–water partition coefficient (Wildman–Crippen LogP) is 7.70. The second-order valence-corrected chi connectivity index (χ2v) is 10.3. The number of hydrogen-bond acceptors (Lipinski definition) is 2. The summed E-state index contributed by atoms with van der Waals surface area (Å²) >= 11 is 3.57. The summed E-state index contributed by atoms with van der Waals surface area (Å²) in [7, 11) is 0. The Morgan fingerprint density at radius 1 is 0.789 bits per heavy atom. The number of hydrazone groups is 1. The van der Waals surface area contributed by atoms with Gasteiger partial charge < -0.3 is 9.13 Å². The molecule has 0 atom stereocenters. The van der Waals surface area contributed by atoms with Gasteiger partial charge in [0, 0.05) is 44.1 Å². The van der Waals surface area contributed by atoms with Crippen LogP contribution in [0.2, 0.25) is 0 Å². The zero-order chi connectivity index (χ0) is 26.8. The van der Waals surface area contributed by atoms with E-state index in [0.29, 0.717) is 5.56 Å². The predicted molar refractivity (Wildman–Crippen MR) is 159 cm³/mol. The minimum atomic E-state index is -0.252. The molecule has 190 valence electrons. The molecule has 0 spiro atoms. The van der Waals surface area contributed by atoms with E-state index in [-0.39, 0.29) is 5.91 Å². The van der Waals surface area contributed by atoms with Crippen molar-refractivity contribution in [1.82, 2.24) is 14.6 Å². The van der Waals surface area contributed by atoms with Crippen LogP contribution >= 0.6 is 15.9 Å². The van der Waals surface area contributed by atoms with Crippen LogP contribution in [-0.4, -0.2) is 21.3 Å². The smallest absolute Gasteiger partial charge is 0.271 e. The van der Waals surface area contributed by atoms with Crippen LogP contribution in [0.15, 0.2) is 101 Å². The third kappa shape index (κ3) is 5.00. The van der Waals surface area contributed by atoms with Gasteiger partial charge in [0.1, 0.15) is 0 Å². The first-order chi connectivity index (χ1) is 18.3. The summed E-state index contributed by atoms with van der Waals surface area (Å²) in [5.74, 6) is -0.252. The van der Waals surface area contributed by atoms with Gasteiger partial charge in [-0.05, 0) is 99.5 Å². The molecule has 0 aliphatic heterocycles. The summed E-state index contributed by atoms with van der Waals surface area (Å²) in [5, 5.41) is 4.25. The van der Waals surface area contributed by atoms with E-state index >= 15 is 0 Å². The maximum Gasteiger partial charge on any atom is 0.271 e. The molecule has 5 aromatic rings. The minimum Gasteiger partial charge on any atom is -0.318 e. The van der Waals surface area contributed by atoms with Gasteiger partial charge in [-0.15, -0.1) is 0 Å². The van der Waals surface area contributed by atoms with Crippen molar-refractivity contribution in [2.45, 2.75) is 27.7 Å². The van der Waals surface area contributed by atoms with E-state index in [4.69, 9.17) is 0 Å². The lowest BCUT2D eigenvalue weighted by Gasteiger charge is -2.12. The molecule has 0 aliphatic carbocycles. The number of aromatic nitrogens is 2. The lowest BCUT2D eigenvalue weighted by atomic mass is 10.1. The van der Waals surface area contributed by atoms with Gasteiger partial charge in [0.15, 0.2) is 0 Å². The fourth-order valence-corrected chi connectivity index (χ4v) is 5.03. The number of rotatable bonds is 6. The zero-order valence-corrected chi connectivity index (χ0v) is 23.5. The van der Waals surface area contributed by atoms with E-state index in [2.05, 4.69) is 112 Å². The standard InChI is InChI=1S/C32H29BrN4O/c1-21-18-29(15-16-30(21)33)36-23(3)19-27(24(36)4)20-34-35-32(38)26-11-13-28(14-12-26)37-22(2)10-17-31(37)25-8-6-5-7-9-25/h5-20H,1-4H3,(H,35,38)/b34-20+. The summed E-state index contributed by atoms with van der Waals surface area (Å²) in [6.45, 7) is 8.28. The van der Waals surface area contributed by atoms with Gasteiger partial charge in [-0.1, -0.05) is 46.3 Å². The number of benzene rings is 3. The number of carbonyl (C=O) groups is 1. The molecule has 3 aromatic carbocycles. The highest BCUT2D eigenvalue weighted by Gasteiger charge is 2.12. The third-order valence-corrected chi connectivity index (χ3v) is 7.66. The number of carbonyl (C=O) groups excluding carboxylic acids is 1. The van der Waals surface area contributed by atoms with Crippen molar-refractivity contribution in [3.05, 3.63) is 129 Å². The first-order valence-electron chi connectivity index (χ1n) is 12.5. The number of aryl methyl sites for hydroxylation is 3. The highest BCUT2D eigenvalue weighted by Crippen LogP contribution is 2.27. The summed E-state index contributed by atoms with van der Waals surface area (Å²) < 4.78 is 5.47. The van der Waals surface area contributed by atoms with Gasteiger partial charge in [-0.25, -0.2) is 5.43 Å². The van der Waals surface area contributed by atoms with Crippen molar-refractivity contribution in [2.75, 3.05) is 0 Å². The molecule has 0 aliphatic rings. The van der Waals surface area contributed by atoms with Crippen LogP contribution in [0.4, 0.5) is 0 Å². The Balaban J connectivity index is 1.31. The van der Waals surface area contributed by atoms with Gasteiger partial charge in [-0.2, -0.15) is 5.10 Å². The molecule has 5 nitrogen and oxygen atoms in total. The molecule has 0 unspecified atom stereocenters. The molecule has 2 heterocycles. The van der Waals surface area contributed by atoms with E-state index in [9.17, 15) is 4.79 Å². The van der Waals surface area contributed by atoms with E-state index in [1.807, 2.05) is 42.5 Å². The Bertz CT molecular complexity index is 1640. The topological polar surface area (TPSA) is 51.3 Å². The Morgan fingerprint density at radius 2 is 1.50 bits per heavy atom. The number of amides is 1. The Hall–Kier alpha value is -4.16. The molecule has 2 aromatic heterocycles. The Morgan fingerprint density at radius 3 is 2.21 bits per heavy atom. The van der Waals surface area contributed by atoms with Gasteiger partial charge >= 0.3 is 0 Å². The summed E-state index contributed by atoms with van der Waals surface area (Å²) in [6.07, 6.45) is 1.70. The summed E-state index contributed by atoms with van der Waals surface area (Å²) in [4.78, 5) is 12.8. The highest BCUT2D eigenvalue weighted by atomic mass is 79.9. The molecular weight excluding hydrogens is 536 g/mol. The van der Waals surface area contributed by atoms with Crippen LogP contribution in [0.25, 0.3) is 22.6 Å². The second kappa shape index (κ2) is 10.7. The first kappa shape index (κ1) is 25.5. The van der Waals surface area contributed by atoms with Crippen LogP contribution in [0, 0.1) is 27.7 Å². The zero-order valence-electron chi connectivity index (χ0n) is 21.9. The van der Waals surface area contributed by atoms with E-state index in [1.54, 1.807) is 6.21 Å². The van der Waals surface area contributed by atoms with E-state index < -0.39 is 0 Å². The van der Waals surface area contributed by atoms with Gasteiger partial charge in [0.25, 0.3) is 5.91 Å². The number of halogens is 1. The van der Waals surface area contributed by atoms with Crippen LogP contribution in [0.5, 0.6) is 0 Å². The molecule has 0 fully saturated rings. The van der Waals surface area contributed by atoms with E-state index in [0.717, 1.165) is 49.8 Å². The average molecular weight is 566 g/mol. The molecule has 0 saturated carbocycles. The van der Waals surface area contributed by atoms with Crippen LogP contribution in [-0.2, 0) is 0 Å². The monoisotopic (exact) mass is 564 g/mol. The van der Waals surface area contributed by atoms with Gasteiger partial charge in [0.2, 0.25) is 0 Å². The van der Waals surface area contributed by atoms with Crippen LogP contribution in [0.3, 0.4) is 0 Å². The molecule has 1 amide bonds. The molecule has 6 heteroatoms. The van der Waals surface area contributed by atoms with Crippen LogP contribution in [0.1, 0.15) is 38.6 Å². The molecule has 0 radical (unpaired) electrons. The van der Waals surface area contributed by atoms with Crippen molar-refractivity contribution in [3.8, 4) is 22.6 Å². The largest absolute Gasteiger partial charge is 0.318 e. The maximum atomic E-state index is 12.8. The fraction of sp³-hybridized carbons (Fsp3) is 0.125. The van der Waals surface area contributed by atoms with Crippen LogP contribution < -0.4 is 5.43 Å². The number of hydrogen-bond donors (Lipinski definition) is 1. The first-order valence-corrected chi connectivity index (χ1v) is 13.3. The maximum absolute atomic E-state index is 12.8. The number of nitrogens with one attached hydrogen (secondary N) is 1. The Kier molecular flexibility index (Phi) is 7.16. The SMILES string of the molecule is Cc1cc(-n2c(C)cc(/C=N/NC(=O)c3ccc(-n4c(C)ccc4-c4ccccc4)cc3)c2C)ccc1Br. The third-order valence-electron chi connectivity index (χ3n) is 6.77. The molecule has 1 N–H and O–H groups in total. The van der Waals surface area contributed by atoms with Crippen molar-refractivity contribution in [1.29, 1.82) is 0 Å². The second-order valence-electron chi connectivity index (χ2n) is 9.40. The normalized spacial score (nSPS) is 11.3. The fourth-order valence-electron chi connectivity index (χ4n) is 4.79. The lowest BCUT2D eigenvalue weighted by molar-refractivity contribution is 0.0955.